The van der Waals surface area contributed by atoms with Gasteiger partial charge in [0.1, 0.15) is 17.6 Å². The van der Waals surface area contributed by atoms with Gasteiger partial charge in [0.05, 0.1) is 4.92 Å². The highest BCUT2D eigenvalue weighted by Gasteiger charge is 2.24. The molecule has 0 saturated heterocycles. The van der Waals surface area contributed by atoms with E-state index in [1.165, 1.54) is 12.5 Å². The number of nitrogens with one attached hydrogen (secondary N) is 1. The van der Waals surface area contributed by atoms with Crippen LogP contribution in [-0.2, 0) is 0 Å². The van der Waals surface area contributed by atoms with Crippen molar-refractivity contribution in [2.45, 2.75) is 45.1 Å². The summed E-state index contributed by atoms with van der Waals surface area (Å²) >= 11 is 0. The summed E-state index contributed by atoms with van der Waals surface area (Å²) in [6.07, 6.45) is 6.53. The number of nitrogens with zero attached hydrogens (tertiary/aromatic N) is 2. The monoisotopic (exact) mass is 293 g/mol. The molecule has 0 spiro atoms. The predicted octanol–water partition coefficient (Wildman–Crippen LogP) is 3.07. The second-order valence-corrected chi connectivity index (χ2v) is 5.43. The quantitative estimate of drug-likeness (QED) is 0.638. The van der Waals surface area contributed by atoms with Crippen LogP contribution in [0.3, 0.4) is 0 Å². The van der Waals surface area contributed by atoms with Gasteiger partial charge in [-0.3, -0.25) is 10.1 Å². The fraction of sp³-hybridized carbons (Fsp3) is 0.571. The number of rotatable bonds is 5. The van der Waals surface area contributed by atoms with E-state index in [1.54, 1.807) is 0 Å². The molecule has 2 atom stereocenters. The second-order valence-electron chi connectivity index (χ2n) is 5.43. The number of anilines is 1. The number of carboxylic acid groups (broad SMARTS) is 1. The SMILES string of the molecule is CCC1CCCC(Nc2cc(C(=O)O)c([N+](=O)[O-])cn2)C1. The Kier molecular flexibility index (Phi) is 4.72. The van der Waals surface area contributed by atoms with Gasteiger partial charge < -0.3 is 10.4 Å². The molecule has 1 heterocycles. The third-order valence-corrected chi connectivity index (χ3v) is 4.02. The van der Waals surface area contributed by atoms with Crippen LogP contribution in [0.4, 0.5) is 11.5 Å². The van der Waals surface area contributed by atoms with Gasteiger partial charge in [-0.1, -0.05) is 26.2 Å². The molecule has 1 aromatic heterocycles. The number of nitro groups is 1. The van der Waals surface area contributed by atoms with Gasteiger partial charge in [-0.2, -0.15) is 0 Å². The Morgan fingerprint density at radius 3 is 2.95 bits per heavy atom. The molecule has 2 N–H and O–H groups in total. The maximum absolute atomic E-state index is 11.1. The van der Waals surface area contributed by atoms with Crippen molar-refractivity contribution in [2.75, 3.05) is 5.32 Å². The average Bonchev–Trinajstić information content (AvgIpc) is 2.47. The molecule has 21 heavy (non-hydrogen) atoms. The minimum Gasteiger partial charge on any atom is -0.477 e. The van der Waals surface area contributed by atoms with Crippen LogP contribution in [0, 0.1) is 16.0 Å². The molecule has 1 fully saturated rings. The molecule has 2 rings (SSSR count). The van der Waals surface area contributed by atoms with Crippen molar-refractivity contribution in [3.05, 3.63) is 27.9 Å². The lowest BCUT2D eigenvalue weighted by molar-refractivity contribution is -0.385. The van der Waals surface area contributed by atoms with E-state index in [4.69, 9.17) is 5.11 Å². The first-order valence-electron chi connectivity index (χ1n) is 7.15. The Balaban J connectivity index is 2.15. The summed E-state index contributed by atoms with van der Waals surface area (Å²) in [4.78, 5) is 25.1. The first kappa shape index (κ1) is 15.2. The molecule has 7 nitrogen and oxygen atoms in total. The van der Waals surface area contributed by atoms with Crippen LogP contribution in [0.15, 0.2) is 12.3 Å². The zero-order chi connectivity index (χ0) is 15.4. The van der Waals surface area contributed by atoms with E-state index in [0.717, 1.165) is 31.9 Å². The van der Waals surface area contributed by atoms with Crippen molar-refractivity contribution >= 4 is 17.5 Å². The molecule has 0 bridgehead atoms. The minimum atomic E-state index is -1.32. The first-order chi connectivity index (χ1) is 10.0. The highest BCUT2D eigenvalue weighted by atomic mass is 16.6. The Hall–Kier alpha value is -2.18. The van der Waals surface area contributed by atoms with Crippen LogP contribution in [0.1, 0.15) is 49.4 Å². The lowest BCUT2D eigenvalue weighted by atomic mass is 9.84. The molecule has 7 heteroatoms. The van der Waals surface area contributed by atoms with E-state index in [0.29, 0.717) is 11.7 Å². The maximum atomic E-state index is 11.1. The largest absolute Gasteiger partial charge is 0.477 e. The van der Waals surface area contributed by atoms with Gasteiger partial charge in [0.2, 0.25) is 0 Å². The third kappa shape index (κ3) is 3.68. The molecule has 1 aliphatic rings. The number of hydrogen-bond donors (Lipinski definition) is 2. The number of aromatic carboxylic acids is 1. The standard InChI is InChI=1S/C14H19N3O4/c1-2-9-4-3-5-10(6-9)16-13-7-11(14(18)19)12(8-15-13)17(20)21/h7-10H,2-6H2,1H3,(H,15,16)(H,18,19). The fourth-order valence-electron chi connectivity index (χ4n) is 2.85. The second kappa shape index (κ2) is 6.51. The first-order valence-corrected chi connectivity index (χ1v) is 7.15. The zero-order valence-electron chi connectivity index (χ0n) is 11.9. The van der Waals surface area contributed by atoms with Gasteiger partial charge in [-0.15, -0.1) is 0 Å². The van der Waals surface area contributed by atoms with Gasteiger partial charge in [0.25, 0.3) is 0 Å². The Labute approximate surface area is 122 Å². The summed E-state index contributed by atoms with van der Waals surface area (Å²) in [7, 11) is 0. The number of hydrogen-bond acceptors (Lipinski definition) is 5. The lowest BCUT2D eigenvalue weighted by Gasteiger charge is -2.29. The van der Waals surface area contributed by atoms with Crippen LogP contribution in [0.2, 0.25) is 0 Å². The van der Waals surface area contributed by atoms with Crippen LogP contribution >= 0.6 is 0 Å². The molecule has 1 aliphatic carbocycles. The molecule has 114 valence electrons. The van der Waals surface area contributed by atoms with Crippen LogP contribution < -0.4 is 5.32 Å². The fourth-order valence-corrected chi connectivity index (χ4v) is 2.85. The molecular weight excluding hydrogens is 274 g/mol. The lowest BCUT2D eigenvalue weighted by Crippen LogP contribution is -2.27. The van der Waals surface area contributed by atoms with Crippen LogP contribution in [-0.4, -0.2) is 27.0 Å². The average molecular weight is 293 g/mol. The Morgan fingerprint density at radius 2 is 2.33 bits per heavy atom. The third-order valence-electron chi connectivity index (χ3n) is 4.02. The Morgan fingerprint density at radius 1 is 1.57 bits per heavy atom. The normalized spacial score (nSPS) is 21.8. The van der Waals surface area contributed by atoms with Crippen molar-refractivity contribution in [2.24, 2.45) is 5.92 Å². The smallest absolute Gasteiger partial charge is 0.342 e. The zero-order valence-corrected chi connectivity index (χ0v) is 11.9. The number of aromatic nitrogens is 1. The van der Waals surface area contributed by atoms with E-state index in [2.05, 4.69) is 17.2 Å². The Bertz CT molecular complexity index is 547. The highest BCUT2D eigenvalue weighted by molar-refractivity contribution is 5.93. The molecular formula is C14H19N3O4. The van der Waals surface area contributed by atoms with E-state index in [-0.39, 0.29) is 11.6 Å². The minimum absolute atomic E-state index is 0.249. The van der Waals surface area contributed by atoms with Crippen LogP contribution in [0.25, 0.3) is 0 Å². The van der Waals surface area contributed by atoms with E-state index in [1.807, 2.05) is 0 Å². The molecule has 2 unspecified atom stereocenters. The highest BCUT2D eigenvalue weighted by Crippen LogP contribution is 2.29. The van der Waals surface area contributed by atoms with E-state index >= 15 is 0 Å². The molecule has 0 amide bonds. The maximum Gasteiger partial charge on any atom is 0.342 e. The van der Waals surface area contributed by atoms with Crippen molar-refractivity contribution in [1.29, 1.82) is 0 Å². The molecule has 1 saturated carbocycles. The number of carboxylic acids is 1. The number of pyridine rings is 1. The summed E-state index contributed by atoms with van der Waals surface area (Å²) in [5, 5.41) is 23.1. The van der Waals surface area contributed by atoms with Gasteiger partial charge >= 0.3 is 11.7 Å². The summed E-state index contributed by atoms with van der Waals surface area (Å²) < 4.78 is 0. The molecule has 0 radical (unpaired) electrons. The van der Waals surface area contributed by atoms with Gasteiger partial charge in [-0.25, -0.2) is 9.78 Å². The predicted molar refractivity (Wildman–Crippen MR) is 77.5 cm³/mol. The summed E-state index contributed by atoms with van der Waals surface area (Å²) in [6, 6.07) is 1.50. The van der Waals surface area contributed by atoms with Gasteiger partial charge in [0, 0.05) is 12.1 Å². The topological polar surface area (TPSA) is 105 Å². The summed E-state index contributed by atoms with van der Waals surface area (Å²) in [5.41, 5.74) is -0.816. The molecule has 1 aromatic rings. The van der Waals surface area contributed by atoms with Gasteiger partial charge in [0.15, 0.2) is 0 Å². The molecule has 0 aliphatic heterocycles. The van der Waals surface area contributed by atoms with E-state index < -0.39 is 16.6 Å². The van der Waals surface area contributed by atoms with Crippen molar-refractivity contribution in [1.82, 2.24) is 4.98 Å². The van der Waals surface area contributed by atoms with Crippen molar-refractivity contribution in [3.8, 4) is 0 Å². The van der Waals surface area contributed by atoms with E-state index in [9.17, 15) is 14.9 Å². The summed E-state index contributed by atoms with van der Waals surface area (Å²) in [6.45, 7) is 2.17. The van der Waals surface area contributed by atoms with Crippen molar-refractivity contribution in [3.63, 3.8) is 0 Å². The molecule has 0 aromatic carbocycles. The van der Waals surface area contributed by atoms with Crippen molar-refractivity contribution < 1.29 is 14.8 Å². The van der Waals surface area contributed by atoms with Crippen LogP contribution in [0.5, 0.6) is 0 Å². The number of carbonyl (C=O) groups is 1. The summed E-state index contributed by atoms with van der Waals surface area (Å²) in [5.74, 6) is -0.254. The van der Waals surface area contributed by atoms with Gasteiger partial charge in [-0.05, 0) is 18.8 Å².